The van der Waals surface area contributed by atoms with E-state index in [1.165, 1.54) is 41.9 Å². The average molecular weight is 1040 g/mol. The highest BCUT2D eigenvalue weighted by Gasteiger charge is 2.26. The molecule has 7 rings (SSSR count). The van der Waals surface area contributed by atoms with Crippen molar-refractivity contribution in [3.05, 3.63) is 169 Å². The van der Waals surface area contributed by atoms with E-state index in [-0.39, 0.29) is 12.1 Å². The number of ether oxygens (including phenoxy) is 1. The number of H-pyrrole nitrogens is 2. The van der Waals surface area contributed by atoms with E-state index in [1.54, 1.807) is 0 Å². The molecule has 0 spiro atoms. The number of aromatic amines is 2. The molecule has 75 heavy (non-hydrogen) atoms. The van der Waals surface area contributed by atoms with Gasteiger partial charge in [-0.25, -0.2) is 10.0 Å². The Labute approximate surface area is 448 Å². The standard InChI is InChI=1S/C44H60N8S.C11H11NO.C4H9N.C2H4O2/c1-32(52(31-53(7,8)9)33(2)42(47-5)25-38-27-49-41-15-11-10-14-40(38)41)26-48-43(29-45-3)36-20-16-34(17-21-36)35-18-22-37(23-19-35)44(30-46-4)50-28-39-13-12-24-51(39)6;13-7-3-4-9-8-12-11-6-2-1-5-10(9)11;1-3-4(2)5;1-4-2-3/h10-11,14-23,27,29-30,32,39,42,47-50H,2-4,12-13,24-26,28,31H2,1,5-9H3;1-2,5-8,12H,3-4H2;2-3,5H2,1H3;2H,1H3/b43-29-,44-30-;;;/t32-,39?,42+;;;/m0.../s1. The van der Waals surface area contributed by atoms with Crippen LogP contribution in [0.1, 0.15) is 61.8 Å². The molecule has 0 aliphatic carbocycles. The molecule has 2 aromatic heterocycles. The number of allylic oxidation sites excluding steroid dienone is 1. The summed E-state index contributed by atoms with van der Waals surface area (Å²) in [5.74, 6) is 0.961. The first kappa shape index (κ1) is 60.4. The minimum absolute atomic E-state index is 0.0985. The zero-order chi connectivity index (χ0) is 54.8. The van der Waals surface area contributed by atoms with Gasteiger partial charge >= 0.3 is 0 Å². The van der Waals surface area contributed by atoms with E-state index >= 15 is 0 Å². The van der Waals surface area contributed by atoms with E-state index in [4.69, 9.17) is 10.5 Å². The molecule has 402 valence electrons. The molecular weight excluding hydrogens is 953 g/mol. The van der Waals surface area contributed by atoms with Gasteiger partial charge in [0.05, 0.1) is 24.5 Å². The number of aliphatic imine (C=N–C) groups is 2. The first-order valence-corrected chi connectivity index (χ1v) is 28.6. The third-order valence-corrected chi connectivity index (χ3v) is 14.0. The normalized spacial score (nSPS) is 14.6. The Kier molecular flexibility index (Phi) is 25.4. The molecule has 1 unspecified atom stereocenters. The molecule has 14 heteroatoms. The molecule has 1 saturated heterocycles. The number of carbonyl (C=O) groups is 2. The van der Waals surface area contributed by atoms with Crippen molar-refractivity contribution in [2.45, 2.75) is 70.5 Å². The molecule has 3 heterocycles. The number of likely N-dealkylation sites (tertiary alicyclic amines) is 1. The maximum atomic E-state index is 10.2. The van der Waals surface area contributed by atoms with Crippen molar-refractivity contribution in [3.8, 4) is 11.1 Å². The van der Waals surface area contributed by atoms with Crippen LogP contribution >= 0.6 is 10.0 Å². The zero-order valence-electron chi connectivity index (χ0n) is 45.8. The highest BCUT2D eigenvalue weighted by atomic mass is 32.3. The lowest BCUT2D eigenvalue weighted by Crippen LogP contribution is -2.46. The van der Waals surface area contributed by atoms with E-state index in [9.17, 15) is 4.79 Å². The van der Waals surface area contributed by atoms with Crippen LogP contribution in [0.5, 0.6) is 0 Å². The van der Waals surface area contributed by atoms with Crippen LogP contribution in [0.2, 0.25) is 0 Å². The van der Waals surface area contributed by atoms with Gasteiger partial charge in [-0.1, -0.05) is 105 Å². The number of para-hydroxylation sites is 2. The number of methoxy groups -OCH3 is 1. The van der Waals surface area contributed by atoms with E-state index in [0.717, 1.165) is 107 Å². The lowest BCUT2D eigenvalue weighted by atomic mass is 10.0. The minimum atomic E-state index is -0.859. The van der Waals surface area contributed by atoms with Crippen LogP contribution in [0.3, 0.4) is 0 Å². The summed E-state index contributed by atoms with van der Waals surface area (Å²) in [5, 5.41) is 13.4. The van der Waals surface area contributed by atoms with Crippen molar-refractivity contribution in [1.82, 2.24) is 35.7 Å². The Morgan fingerprint density at radius 1 is 0.853 bits per heavy atom. The Morgan fingerprint density at radius 2 is 1.36 bits per heavy atom. The Hall–Kier alpha value is -7.13. The number of hydrogen-bond donors (Lipinski definition) is 6. The molecule has 0 amide bonds. The molecule has 6 aromatic rings. The molecule has 0 bridgehead atoms. The maximum Gasteiger partial charge on any atom is 0.292 e. The van der Waals surface area contributed by atoms with Gasteiger partial charge in [0.15, 0.2) is 0 Å². The highest BCUT2D eigenvalue weighted by Crippen LogP contribution is 2.38. The van der Waals surface area contributed by atoms with Gasteiger partial charge < -0.3 is 51.0 Å². The predicted molar refractivity (Wildman–Crippen MR) is 323 cm³/mol. The smallest absolute Gasteiger partial charge is 0.292 e. The highest BCUT2D eigenvalue weighted by molar-refractivity contribution is 8.32. The van der Waals surface area contributed by atoms with Gasteiger partial charge in [-0.2, -0.15) is 0 Å². The summed E-state index contributed by atoms with van der Waals surface area (Å²) in [6, 6.07) is 34.7. The topological polar surface area (TPSA) is 168 Å². The van der Waals surface area contributed by atoms with Gasteiger partial charge in [0.2, 0.25) is 0 Å². The zero-order valence-corrected chi connectivity index (χ0v) is 46.6. The third kappa shape index (κ3) is 19.3. The number of aromatic nitrogens is 2. The van der Waals surface area contributed by atoms with Crippen molar-refractivity contribution in [2.24, 2.45) is 15.7 Å². The number of rotatable bonds is 24. The van der Waals surface area contributed by atoms with Gasteiger partial charge in [0.25, 0.3) is 6.47 Å². The number of nitrogens with two attached hydrogens (primary N) is 1. The fourth-order valence-electron chi connectivity index (χ4n) is 8.71. The lowest BCUT2D eigenvalue weighted by molar-refractivity contribution is -0.126. The molecule has 3 atom stereocenters. The van der Waals surface area contributed by atoms with Crippen LogP contribution in [0, 0.1) is 0 Å². The van der Waals surface area contributed by atoms with Gasteiger partial charge in [-0.05, 0) is 137 Å². The Balaban J connectivity index is 0.000000455. The number of aryl methyl sites for hydroxylation is 1. The molecule has 4 aromatic carbocycles. The van der Waals surface area contributed by atoms with E-state index < -0.39 is 10.0 Å². The summed E-state index contributed by atoms with van der Waals surface area (Å²) in [6.07, 6.45) is 21.5. The molecule has 0 saturated carbocycles. The number of carbonyl (C=O) groups excluding carboxylic acids is 2. The van der Waals surface area contributed by atoms with Gasteiger partial charge in [-0.15, -0.1) is 0 Å². The molecule has 0 radical (unpaired) electrons. The number of fused-ring (bicyclic) bond motifs is 2. The number of hydrogen-bond acceptors (Lipinski definition) is 11. The average Bonchev–Trinajstić information content (AvgIpc) is 4.17. The number of nitrogens with zero attached hydrogens (tertiary/aromatic N) is 4. The second-order valence-corrected chi connectivity index (χ2v) is 23.9. The maximum absolute atomic E-state index is 10.2. The fourth-order valence-corrected chi connectivity index (χ4v) is 9.97. The van der Waals surface area contributed by atoms with Gasteiger partial charge in [-0.3, -0.25) is 14.8 Å². The van der Waals surface area contributed by atoms with E-state index in [2.05, 4.69) is 195 Å². The largest absolute Gasteiger partial charge is 0.471 e. The van der Waals surface area contributed by atoms with Crippen LogP contribution in [0.25, 0.3) is 44.3 Å². The first-order chi connectivity index (χ1) is 36.1. The molecule has 13 nitrogen and oxygen atoms in total. The van der Waals surface area contributed by atoms with Crippen LogP contribution < -0.4 is 21.7 Å². The number of likely N-dealkylation sites (N-methyl/N-ethyl adjacent to an activating group) is 2. The van der Waals surface area contributed by atoms with Crippen molar-refractivity contribution < 1.29 is 14.3 Å². The molecule has 7 N–H and O–H groups in total. The number of benzene rings is 4. The van der Waals surface area contributed by atoms with Crippen molar-refractivity contribution in [2.75, 3.05) is 65.5 Å². The monoisotopic (exact) mass is 1040 g/mol. The summed E-state index contributed by atoms with van der Waals surface area (Å²) >= 11 is 0. The van der Waals surface area contributed by atoms with Gasteiger partial charge in [0.1, 0.15) is 6.29 Å². The summed E-state index contributed by atoms with van der Waals surface area (Å²) < 4.78 is 3.86. The lowest BCUT2D eigenvalue weighted by Gasteiger charge is -2.42. The minimum Gasteiger partial charge on any atom is -0.471 e. The molecular formula is C61H84N10O3S. The van der Waals surface area contributed by atoms with Crippen molar-refractivity contribution >= 4 is 69.4 Å². The van der Waals surface area contributed by atoms with E-state index in [1.807, 2.05) is 50.8 Å². The second kappa shape index (κ2) is 31.6. The SMILES string of the molecule is C=C(N)CC.C=N/C=C(\NCC1CCCN1C)c1ccc(-c2ccc(/C(=C/N=C)NC[C@H](C)N(CS(C)(C)C)C(=C)[C@@H](Cc3c[nH]c4ccccc34)NC)cc2)cc1.COC=O.O=CCCc1c[nH]c2ccccc12. The van der Waals surface area contributed by atoms with Crippen molar-refractivity contribution in [3.63, 3.8) is 0 Å². The number of aldehydes is 1. The summed E-state index contributed by atoms with van der Waals surface area (Å²) in [4.78, 5) is 39.0. The Morgan fingerprint density at radius 3 is 1.81 bits per heavy atom. The second-order valence-electron chi connectivity index (χ2n) is 19.5. The van der Waals surface area contributed by atoms with Crippen LogP contribution in [-0.4, -0.2) is 130 Å². The fraction of sp³-hybridized carbons (Fsp3) is 0.344. The van der Waals surface area contributed by atoms with Crippen LogP contribution in [0.4, 0.5) is 0 Å². The van der Waals surface area contributed by atoms with E-state index in [0.29, 0.717) is 18.9 Å². The predicted octanol–water partition coefficient (Wildman–Crippen LogP) is 10.8. The first-order valence-electron chi connectivity index (χ1n) is 25.5. The van der Waals surface area contributed by atoms with Gasteiger partial charge in [0, 0.05) is 95.5 Å². The van der Waals surface area contributed by atoms with Crippen molar-refractivity contribution in [1.29, 1.82) is 0 Å². The quantitative estimate of drug-likeness (QED) is 0.0255. The summed E-state index contributed by atoms with van der Waals surface area (Å²) in [6.45, 7) is 23.0. The molecule has 1 fully saturated rings. The van der Waals surface area contributed by atoms with Crippen LogP contribution in [-0.2, 0) is 27.2 Å². The third-order valence-electron chi connectivity index (χ3n) is 13.0. The van der Waals surface area contributed by atoms with Crippen LogP contribution in [0.15, 0.2) is 156 Å². The Bertz CT molecular complexity index is 2790. The summed E-state index contributed by atoms with van der Waals surface area (Å²) in [5.41, 5.74) is 18.2. The molecule has 1 aliphatic heterocycles. The number of nitrogens with one attached hydrogen (secondary N) is 5. The summed E-state index contributed by atoms with van der Waals surface area (Å²) in [7, 11) is 4.69. The molecule has 1 aliphatic rings.